The fourth-order valence-electron chi connectivity index (χ4n) is 3.54. The molecule has 1 N–H and O–H groups in total. The van der Waals surface area contributed by atoms with E-state index in [4.69, 9.17) is 14.6 Å². The third-order valence-electron chi connectivity index (χ3n) is 5.02. The Morgan fingerprint density at radius 2 is 1.86 bits per heavy atom. The van der Waals surface area contributed by atoms with E-state index in [9.17, 15) is 4.79 Å². The SMILES string of the molecule is COc1c(C)cnc(CN2CCCN(C(=O)c3ccccc3)CC2)c1C.O=CO. The van der Waals surface area contributed by atoms with E-state index in [0.29, 0.717) is 0 Å². The number of carboxylic acid groups (broad SMARTS) is 1. The van der Waals surface area contributed by atoms with Crippen molar-refractivity contribution in [2.45, 2.75) is 26.8 Å². The Morgan fingerprint density at radius 3 is 2.52 bits per heavy atom. The van der Waals surface area contributed by atoms with Gasteiger partial charge in [-0.1, -0.05) is 18.2 Å². The topological polar surface area (TPSA) is 83.0 Å². The standard InChI is InChI=1S/C21H27N3O2.CH2O2/c1-16-14-22-19(17(2)20(16)26-3)15-23-10-7-11-24(13-12-23)21(25)18-8-5-4-6-9-18;2-1-3/h4-6,8-9,14H,7,10-13,15H2,1-3H3;1H,(H,2,3). The Morgan fingerprint density at radius 1 is 1.17 bits per heavy atom. The average molecular weight is 399 g/mol. The Hall–Kier alpha value is -2.93. The van der Waals surface area contributed by atoms with Crippen molar-refractivity contribution in [1.29, 1.82) is 0 Å². The van der Waals surface area contributed by atoms with Crippen LogP contribution in [0.15, 0.2) is 36.5 Å². The molecule has 2 heterocycles. The molecule has 7 heteroatoms. The number of benzene rings is 1. The molecule has 0 radical (unpaired) electrons. The molecule has 1 fully saturated rings. The fourth-order valence-corrected chi connectivity index (χ4v) is 3.54. The molecule has 0 spiro atoms. The Kier molecular flexibility index (Phi) is 8.61. The van der Waals surface area contributed by atoms with Gasteiger partial charge >= 0.3 is 0 Å². The van der Waals surface area contributed by atoms with E-state index in [1.54, 1.807) is 7.11 Å². The van der Waals surface area contributed by atoms with Crippen LogP contribution in [0.4, 0.5) is 0 Å². The van der Waals surface area contributed by atoms with E-state index in [1.165, 1.54) is 0 Å². The summed E-state index contributed by atoms with van der Waals surface area (Å²) >= 11 is 0. The first-order valence-electron chi connectivity index (χ1n) is 9.65. The van der Waals surface area contributed by atoms with Crippen molar-refractivity contribution >= 4 is 12.4 Å². The maximum absolute atomic E-state index is 12.7. The minimum atomic E-state index is -0.250. The van der Waals surface area contributed by atoms with Gasteiger partial charge in [0.25, 0.3) is 12.4 Å². The first kappa shape index (κ1) is 22.4. The molecule has 1 aliphatic heterocycles. The number of aromatic nitrogens is 1. The first-order chi connectivity index (χ1) is 14.0. The fraction of sp³-hybridized carbons (Fsp3) is 0.409. The van der Waals surface area contributed by atoms with Crippen molar-refractivity contribution in [3.8, 4) is 5.75 Å². The lowest BCUT2D eigenvalue weighted by Gasteiger charge is -2.23. The zero-order valence-electron chi connectivity index (χ0n) is 17.3. The van der Waals surface area contributed by atoms with Gasteiger partial charge in [0, 0.05) is 55.6 Å². The van der Waals surface area contributed by atoms with E-state index >= 15 is 0 Å². The van der Waals surface area contributed by atoms with Crippen LogP contribution in [0.25, 0.3) is 0 Å². The molecule has 0 saturated carbocycles. The Bertz CT molecular complexity index is 811. The molecule has 1 aromatic heterocycles. The minimum Gasteiger partial charge on any atom is -0.496 e. The molecule has 29 heavy (non-hydrogen) atoms. The first-order valence-corrected chi connectivity index (χ1v) is 9.65. The highest BCUT2D eigenvalue weighted by atomic mass is 16.5. The van der Waals surface area contributed by atoms with Crippen LogP contribution in [0.3, 0.4) is 0 Å². The molecule has 0 atom stereocenters. The number of carbonyl (C=O) groups is 2. The highest BCUT2D eigenvalue weighted by Crippen LogP contribution is 2.25. The largest absolute Gasteiger partial charge is 0.496 e. The van der Waals surface area contributed by atoms with Crippen LogP contribution in [0.2, 0.25) is 0 Å². The van der Waals surface area contributed by atoms with Gasteiger partial charge in [-0.05, 0) is 32.4 Å². The third kappa shape index (κ3) is 6.02. The predicted octanol–water partition coefficient (Wildman–Crippen LogP) is 2.76. The van der Waals surface area contributed by atoms with Gasteiger partial charge in [0.1, 0.15) is 5.75 Å². The van der Waals surface area contributed by atoms with E-state index in [-0.39, 0.29) is 12.4 Å². The summed E-state index contributed by atoms with van der Waals surface area (Å²) in [5, 5.41) is 6.89. The van der Waals surface area contributed by atoms with Crippen molar-refractivity contribution in [3.05, 3.63) is 58.9 Å². The lowest BCUT2D eigenvalue weighted by atomic mass is 10.1. The number of rotatable bonds is 4. The summed E-state index contributed by atoms with van der Waals surface area (Å²) in [5.74, 6) is 1.05. The maximum atomic E-state index is 12.7. The summed E-state index contributed by atoms with van der Waals surface area (Å²) < 4.78 is 5.52. The second kappa shape index (κ2) is 11.2. The summed E-state index contributed by atoms with van der Waals surface area (Å²) in [7, 11) is 1.71. The number of hydrogen-bond donors (Lipinski definition) is 1. The van der Waals surface area contributed by atoms with Crippen molar-refractivity contribution in [3.63, 3.8) is 0 Å². The monoisotopic (exact) mass is 399 g/mol. The molecule has 1 aromatic carbocycles. The third-order valence-corrected chi connectivity index (χ3v) is 5.02. The second-order valence-corrected chi connectivity index (χ2v) is 6.94. The number of aryl methyl sites for hydroxylation is 1. The van der Waals surface area contributed by atoms with Crippen LogP contribution >= 0.6 is 0 Å². The van der Waals surface area contributed by atoms with Crippen LogP contribution in [0, 0.1) is 13.8 Å². The molecule has 0 bridgehead atoms. The van der Waals surface area contributed by atoms with Gasteiger partial charge in [0.15, 0.2) is 0 Å². The molecule has 2 aromatic rings. The quantitative estimate of drug-likeness (QED) is 0.796. The molecule has 0 unspecified atom stereocenters. The summed E-state index contributed by atoms with van der Waals surface area (Å²) in [6.45, 7) is 7.99. The number of methoxy groups -OCH3 is 1. The maximum Gasteiger partial charge on any atom is 0.290 e. The van der Waals surface area contributed by atoms with Crippen LogP contribution in [0.5, 0.6) is 5.75 Å². The van der Waals surface area contributed by atoms with Crippen molar-refractivity contribution in [1.82, 2.24) is 14.8 Å². The lowest BCUT2D eigenvalue weighted by molar-refractivity contribution is -0.122. The second-order valence-electron chi connectivity index (χ2n) is 6.94. The average Bonchev–Trinajstić information content (AvgIpc) is 2.97. The van der Waals surface area contributed by atoms with Gasteiger partial charge in [-0.3, -0.25) is 19.5 Å². The zero-order valence-corrected chi connectivity index (χ0v) is 17.3. The Labute approximate surface area is 171 Å². The van der Waals surface area contributed by atoms with Gasteiger partial charge in [-0.25, -0.2) is 0 Å². The molecule has 1 aliphatic rings. The molecule has 156 valence electrons. The number of carbonyl (C=O) groups excluding carboxylic acids is 1. The van der Waals surface area contributed by atoms with E-state index in [0.717, 1.165) is 67.3 Å². The molecular weight excluding hydrogens is 370 g/mol. The highest BCUT2D eigenvalue weighted by Gasteiger charge is 2.21. The van der Waals surface area contributed by atoms with Crippen LogP contribution < -0.4 is 4.74 Å². The van der Waals surface area contributed by atoms with E-state index in [2.05, 4.69) is 16.8 Å². The molecule has 0 aliphatic carbocycles. The minimum absolute atomic E-state index is 0.124. The van der Waals surface area contributed by atoms with Gasteiger partial charge in [0.05, 0.1) is 12.8 Å². The van der Waals surface area contributed by atoms with Crippen molar-refractivity contribution < 1.29 is 19.4 Å². The van der Waals surface area contributed by atoms with E-state index < -0.39 is 0 Å². The number of ether oxygens (including phenoxy) is 1. The zero-order chi connectivity index (χ0) is 21.2. The summed E-state index contributed by atoms with van der Waals surface area (Å²) in [6.07, 6.45) is 2.85. The molecule has 3 rings (SSSR count). The van der Waals surface area contributed by atoms with Gasteiger partial charge in [0.2, 0.25) is 0 Å². The molecule has 1 saturated heterocycles. The number of pyridine rings is 1. The summed E-state index contributed by atoms with van der Waals surface area (Å²) in [4.78, 5) is 30.0. The molecular formula is C22H29N3O4. The smallest absolute Gasteiger partial charge is 0.290 e. The van der Waals surface area contributed by atoms with Crippen LogP contribution in [-0.4, -0.2) is 65.6 Å². The lowest BCUT2D eigenvalue weighted by Crippen LogP contribution is -2.35. The Balaban J connectivity index is 0.000000941. The number of hydrogen-bond acceptors (Lipinski definition) is 5. The normalized spacial score (nSPS) is 14.4. The van der Waals surface area contributed by atoms with Crippen molar-refractivity contribution in [2.75, 3.05) is 33.3 Å². The number of amides is 1. The van der Waals surface area contributed by atoms with Crippen molar-refractivity contribution in [2.24, 2.45) is 0 Å². The summed E-state index contributed by atoms with van der Waals surface area (Å²) in [5.41, 5.74) is 3.98. The van der Waals surface area contributed by atoms with Crippen LogP contribution in [0.1, 0.15) is 33.6 Å². The van der Waals surface area contributed by atoms with Gasteiger partial charge < -0.3 is 14.7 Å². The van der Waals surface area contributed by atoms with E-state index in [1.807, 2.05) is 48.4 Å². The summed E-state index contributed by atoms with van der Waals surface area (Å²) in [6, 6.07) is 9.53. The predicted molar refractivity (Wildman–Crippen MR) is 111 cm³/mol. The molecule has 7 nitrogen and oxygen atoms in total. The van der Waals surface area contributed by atoms with Gasteiger partial charge in [-0.2, -0.15) is 0 Å². The molecule has 1 amide bonds. The highest BCUT2D eigenvalue weighted by molar-refractivity contribution is 5.94. The van der Waals surface area contributed by atoms with Gasteiger partial charge in [-0.15, -0.1) is 0 Å². The number of nitrogens with zero attached hydrogens (tertiary/aromatic N) is 3. The van der Waals surface area contributed by atoms with Crippen LogP contribution in [-0.2, 0) is 11.3 Å².